The topological polar surface area (TPSA) is 32.3 Å². The van der Waals surface area contributed by atoms with Gasteiger partial charge in [0.05, 0.1) is 6.54 Å². The van der Waals surface area contributed by atoms with Gasteiger partial charge in [-0.15, -0.1) is 0 Å². The lowest BCUT2D eigenvalue weighted by Crippen LogP contribution is -2.45. The first-order chi connectivity index (χ1) is 8.65. The molecule has 0 aromatic heterocycles. The summed E-state index contributed by atoms with van der Waals surface area (Å²) in [5, 5.41) is 3.92. The molecule has 0 unspecified atom stereocenters. The lowest BCUT2D eigenvalue weighted by atomic mass is 10.1. The van der Waals surface area contributed by atoms with Crippen molar-refractivity contribution in [2.24, 2.45) is 0 Å². The maximum absolute atomic E-state index is 12.0. The first kappa shape index (κ1) is 14.0. The van der Waals surface area contributed by atoms with Gasteiger partial charge in [-0.25, -0.2) is 0 Å². The van der Waals surface area contributed by atoms with Crippen LogP contribution < -0.4 is 5.32 Å². The fourth-order valence-corrected chi connectivity index (χ4v) is 2.79. The molecular weight excluding hydrogens is 316 g/mol. The van der Waals surface area contributed by atoms with E-state index in [4.69, 9.17) is 11.6 Å². The van der Waals surface area contributed by atoms with E-state index in [1.807, 2.05) is 18.2 Å². The molecule has 18 heavy (non-hydrogen) atoms. The van der Waals surface area contributed by atoms with Crippen LogP contribution in [0.25, 0.3) is 0 Å². The molecule has 1 saturated heterocycles. The molecule has 0 saturated carbocycles. The van der Waals surface area contributed by atoms with Gasteiger partial charge in [0.15, 0.2) is 5.78 Å². The van der Waals surface area contributed by atoms with Gasteiger partial charge in [0.1, 0.15) is 0 Å². The lowest BCUT2D eigenvalue weighted by Gasteiger charge is -2.26. The van der Waals surface area contributed by atoms with Crippen molar-refractivity contribution in [3.05, 3.63) is 33.3 Å². The van der Waals surface area contributed by atoms with E-state index in [0.717, 1.165) is 36.2 Å². The van der Waals surface area contributed by atoms with Crippen molar-refractivity contribution in [2.75, 3.05) is 32.7 Å². The molecule has 98 valence electrons. The summed E-state index contributed by atoms with van der Waals surface area (Å²) in [6, 6.07) is 5.65. The third-order valence-corrected chi connectivity index (χ3v) is 3.86. The zero-order chi connectivity index (χ0) is 13.0. The van der Waals surface area contributed by atoms with Crippen LogP contribution in [0.1, 0.15) is 5.56 Å². The molecule has 1 aliphatic heterocycles. The Hall–Kier alpha value is -0.420. The van der Waals surface area contributed by atoms with Gasteiger partial charge >= 0.3 is 0 Å². The number of benzene rings is 1. The fraction of sp³-hybridized carbons (Fsp3) is 0.462. The van der Waals surface area contributed by atoms with Crippen LogP contribution in [0.15, 0.2) is 22.7 Å². The molecule has 1 fully saturated rings. The van der Waals surface area contributed by atoms with Gasteiger partial charge in [-0.2, -0.15) is 0 Å². The predicted molar refractivity (Wildman–Crippen MR) is 77.2 cm³/mol. The summed E-state index contributed by atoms with van der Waals surface area (Å²) in [5.74, 6) is 0.223. The molecule has 0 aliphatic carbocycles. The third-order valence-electron chi connectivity index (χ3n) is 3.01. The smallest absolute Gasteiger partial charge is 0.151 e. The zero-order valence-corrected chi connectivity index (χ0v) is 12.4. The highest BCUT2D eigenvalue weighted by Crippen LogP contribution is 2.21. The molecule has 3 nitrogen and oxygen atoms in total. The molecule has 1 aliphatic rings. The van der Waals surface area contributed by atoms with Crippen LogP contribution in [0.2, 0.25) is 5.02 Å². The molecule has 0 radical (unpaired) electrons. The molecule has 0 atom stereocenters. The maximum Gasteiger partial charge on any atom is 0.151 e. The van der Waals surface area contributed by atoms with Gasteiger partial charge in [-0.3, -0.25) is 9.69 Å². The molecule has 1 aromatic rings. The number of rotatable bonds is 4. The van der Waals surface area contributed by atoms with Gasteiger partial charge in [0, 0.05) is 42.1 Å². The average molecular weight is 332 g/mol. The van der Waals surface area contributed by atoms with Crippen molar-refractivity contribution in [1.82, 2.24) is 10.2 Å². The Bertz CT molecular complexity index is 433. The van der Waals surface area contributed by atoms with Crippen molar-refractivity contribution in [2.45, 2.75) is 6.42 Å². The Morgan fingerprint density at radius 1 is 1.39 bits per heavy atom. The maximum atomic E-state index is 12.0. The van der Waals surface area contributed by atoms with Crippen LogP contribution in [0.4, 0.5) is 0 Å². The molecule has 1 N–H and O–H groups in total. The van der Waals surface area contributed by atoms with E-state index in [2.05, 4.69) is 26.1 Å². The monoisotopic (exact) mass is 330 g/mol. The Labute approximate surface area is 121 Å². The minimum Gasteiger partial charge on any atom is -0.314 e. The van der Waals surface area contributed by atoms with E-state index in [0.29, 0.717) is 18.0 Å². The third kappa shape index (κ3) is 4.05. The van der Waals surface area contributed by atoms with Gasteiger partial charge in [0.25, 0.3) is 0 Å². The van der Waals surface area contributed by atoms with E-state index in [1.165, 1.54) is 0 Å². The van der Waals surface area contributed by atoms with E-state index in [-0.39, 0.29) is 5.78 Å². The van der Waals surface area contributed by atoms with Crippen LogP contribution in [-0.4, -0.2) is 43.4 Å². The molecule has 1 aromatic carbocycles. The fourth-order valence-electron chi connectivity index (χ4n) is 2.05. The largest absolute Gasteiger partial charge is 0.314 e. The number of hydrogen-bond acceptors (Lipinski definition) is 3. The molecule has 0 amide bonds. The average Bonchev–Trinajstić information content (AvgIpc) is 2.34. The molecule has 1 heterocycles. The Morgan fingerprint density at radius 2 is 2.11 bits per heavy atom. The molecular formula is C13H16BrClN2O. The second kappa shape index (κ2) is 6.66. The number of nitrogens with zero attached hydrogens (tertiary/aromatic N) is 1. The van der Waals surface area contributed by atoms with E-state index in [1.54, 1.807) is 0 Å². The molecule has 2 rings (SSSR count). The van der Waals surface area contributed by atoms with Gasteiger partial charge in [0.2, 0.25) is 0 Å². The van der Waals surface area contributed by atoms with Crippen molar-refractivity contribution in [1.29, 1.82) is 0 Å². The van der Waals surface area contributed by atoms with Crippen molar-refractivity contribution in [3.8, 4) is 0 Å². The summed E-state index contributed by atoms with van der Waals surface area (Å²) in [5.41, 5.74) is 0.903. The Kier molecular flexibility index (Phi) is 5.18. The second-order valence-corrected chi connectivity index (χ2v) is 5.80. The minimum atomic E-state index is 0.223. The van der Waals surface area contributed by atoms with E-state index >= 15 is 0 Å². The summed E-state index contributed by atoms with van der Waals surface area (Å²) in [6.07, 6.45) is 0.413. The number of hydrogen-bond donors (Lipinski definition) is 1. The quantitative estimate of drug-likeness (QED) is 0.917. The highest BCUT2D eigenvalue weighted by atomic mass is 79.9. The normalized spacial score (nSPS) is 16.8. The van der Waals surface area contributed by atoms with Crippen LogP contribution in [0.5, 0.6) is 0 Å². The van der Waals surface area contributed by atoms with E-state index in [9.17, 15) is 4.79 Å². The molecule has 0 bridgehead atoms. The van der Waals surface area contributed by atoms with E-state index < -0.39 is 0 Å². The van der Waals surface area contributed by atoms with Crippen molar-refractivity contribution >= 4 is 33.3 Å². The van der Waals surface area contributed by atoms with Gasteiger partial charge < -0.3 is 5.32 Å². The van der Waals surface area contributed by atoms with Crippen LogP contribution in [0.3, 0.4) is 0 Å². The van der Waals surface area contributed by atoms with Gasteiger partial charge in [-0.1, -0.05) is 33.6 Å². The number of nitrogens with one attached hydrogen (secondary N) is 1. The SMILES string of the molecule is O=C(Cc1ccc(Br)cc1Cl)CN1CCNCC1. The van der Waals surface area contributed by atoms with Crippen LogP contribution in [-0.2, 0) is 11.2 Å². The number of Topliss-reactive ketones (excluding diaryl/α,β-unsaturated/α-hetero) is 1. The predicted octanol–water partition coefficient (Wildman–Crippen LogP) is 2.12. The Balaban J connectivity index is 1.90. The highest BCUT2D eigenvalue weighted by Gasteiger charge is 2.14. The number of carbonyl (C=O) groups is 1. The number of carbonyl (C=O) groups excluding carboxylic acids is 1. The highest BCUT2D eigenvalue weighted by molar-refractivity contribution is 9.10. The summed E-state index contributed by atoms with van der Waals surface area (Å²) in [6.45, 7) is 4.34. The summed E-state index contributed by atoms with van der Waals surface area (Å²) in [7, 11) is 0. The number of halogens is 2. The van der Waals surface area contributed by atoms with Crippen LogP contribution >= 0.6 is 27.5 Å². The first-order valence-corrected chi connectivity index (χ1v) is 7.21. The summed E-state index contributed by atoms with van der Waals surface area (Å²) < 4.78 is 0.936. The second-order valence-electron chi connectivity index (χ2n) is 4.48. The van der Waals surface area contributed by atoms with Crippen molar-refractivity contribution in [3.63, 3.8) is 0 Å². The lowest BCUT2D eigenvalue weighted by molar-refractivity contribution is -0.119. The number of piperazine rings is 1. The molecule has 5 heteroatoms. The zero-order valence-electron chi connectivity index (χ0n) is 10.1. The van der Waals surface area contributed by atoms with Crippen molar-refractivity contribution < 1.29 is 4.79 Å². The minimum absolute atomic E-state index is 0.223. The molecule has 0 spiro atoms. The van der Waals surface area contributed by atoms with Gasteiger partial charge in [-0.05, 0) is 17.7 Å². The standard InChI is InChI=1S/C13H16BrClN2O/c14-11-2-1-10(13(15)8-11)7-12(18)9-17-5-3-16-4-6-17/h1-2,8,16H,3-7,9H2. The van der Waals surface area contributed by atoms with Crippen LogP contribution in [0, 0.1) is 0 Å². The number of ketones is 1. The first-order valence-electron chi connectivity index (χ1n) is 6.04. The summed E-state index contributed by atoms with van der Waals surface area (Å²) >= 11 is 9.47. The summed E-state index contributed by atoms with van der Waals surface area (Å²) in [4.78, 5) is 14.2. The Morgan fingerprint density at radius 3 is 2.78 bits per heavy atom.